The summed E-state index contributed by atoms with van der Waals surface area (Å²) in [5.41, 5.74) is -1.22. The Hall–Kier alpha value is -6.58. The molecule has 2 aliphatic heterocycles. The van der Waals surface area contributed by atoms with Crippen LogP contribution < -0.4 is 22.5 Å². The molecule has 316 valence electrons. The zero-order chi connectivity index (χ0) is 43.2. The number of esters is 2. The maximum Gasteiger partial charge on any atom is 0.338 e. The Balaban J connectivity index is 0.000000181. The van der Waals surface area contributed by atoms with E-state index in [4.69, 9.17) is 18.9 Å². The summed E-state index contributed by atoms with van der Waals surface area (Å²) in [7, 11) is 0. The Bertz CT molecular complexity index is 2390. The van der Waals surface area contributed by atoms with Gasteiger partial charge in [-0.25, -0.2) is 19.2 Å². The number of aromatic amines is 2. The summed E-state index contributed by atoms with van der Waals surface area (Å²) < 4.78 is 25.8. The van der Waals surface area contributed by atoms with Crippen LogP contribution in [0.4, 0.5) is 11.4 Å². The lowest BCUT2D eigenvalue weighted by molar-refractivity contribution is -0.385. The first-order valence-electron chi connectivity index (χ1n) is 19.0. The minimum Gasteiger partial charge on any atom is -0.456 e. The van der Waals surface area contributed by atoms with Crippen molar-refractivity contribution < 1.29 is 43.5 Å². The molecule has 60 heavy (non-hydrogen) atoms. The van der Waals surface area contributed by atoms with E-state index in [1.54, 1.807) is 13.8 Å². The fourth-order valence-corrected chi connectivity index (χ4v) is 8.33. The number of H-pyrrole nitrogens is 2. The van der Waals surface area contributed by atoms with E-state index in [2.05, 4.69) is 9.97 Å². The van der Waals surface area contributed by atoms with Crippen molar-refractivity contribution in [2.24, 2.45) is 17.8 Å². The average Bonchev–Trinajstić information content (AvgIpc) is 3.98. The molecular weight excluding hydrogens is 792 g/mol. The standard InChI is InChI=1S/C20H21N3O7.C19H19N3O8/c1-10-7-15(29-19(25)12-3-5-13(6-4-12)23(27)28)17-14(10)8-16(30-17)22-9-11(2)18(24)21-20(22)26;1-9-8-21(19(26)20-17(9)24)15-6-12-13(23)7-14(16(12)30-15)29-18(25)10-2-4-11(5-3-10)22(27)28/h3-6,9-10,14-17H,7-8H2,1-2H3,(H,21,24,26);2-5,8,12-16,23H,6-7H2,1H3,(H,20,24,26)/t10-,14+,15-,16+,17+;12-,13+,14+,15-,16-/m10/s1. The second-order valence-electron chi connectivity index (χ2n) is 15.4. The fourth-order valence-electron chi connectivity index (χ4n) is 8.33. The van der Waals surface area contributed by atoms with Crippen LogP contribution in [-0.2, 0) is 18.9 Å². The quantitative estimate of drug-likeness (QED) is 0.131. The number of nitro groups is 2. The van der Waals surface area contributed by atoms with Crippen LogP contribution in [0.1, 0.15) is 76.9 Å². The van der Waals surface area contributed by atoms with E-state index < -0.39 is 81.2 Å². The van der Waals surface area contributed by atoms with Gasteiger partial charge in [0.05, 0.1) is 27.1 Å². The Morgan fingerprint density at radius 1 is 0.683 bits per heavy atom. The number of nitrogens with one attached hydrogen (secondary N) is 2. The highest BCUT2D eigenvalue weighted by Gasteiger charge is 2.53. The van der Waals surface area contributed by atoms with Crippen LogP contribution in [0, 0.1) is 51.8 Å². The van der Waals surface area contributed by atoms with E-state index in [-0.39, 0.29) is 52.8 Å². The van der Waals surface area contributed by atoms with Crippen molar-refractivity contribution in [1.82, 2.24) is 19.1 Å². The Kier molecular flexibility index (Phi) is 11.5. The van der Waals surface area contributed by atoms with E-state index in [0.717, 1.165) is 0 Å². The molecular formula is C39H40N6O15. The Morgan fingerprint density at radius 2 is 1.08 bits per heavy atom. The number of nitro benzene ring substituents is 2. The molecule has 0 bridgehead atoms. The third kappa shape index (κ3) is 8.31. The van der Waals surface area contributed by atoms with E-state index >= 15 is 0 Å². The smallest absolute Gasteiger partial charge is 0.338 e. The summed E-state index contributed by atoms with van der Waals surface area (Å²) in [6.07, 6.45) is 0.324. The third-order valence-corrected chi connectivity index (χ3v) is 11.5. The first-order chi connectivity index (χ1) is 28.5. The molecule has 2 saturated carbocycles. The maximum atomic E-state index is 12.5. The summed E-state index contributed by atoms with van der Waals surface area (Å²) in [5, 5.41) is 31.9. The van der Waals surface area contributed by atoms with Crippen LogP contribution >= 0.6 is 0 Å². The molecule has 3 N–H and O–H groups in total. The fraction of sp³-hybridized carbons (Fsp3) is 0.436. The number of carbonyl (C=O) groups excluding carboxylic acids is 2. The highest BCUT2D eigenvalue weighted by molar-refractivity contribution is 5.90. The molecule has 4 aromatic rings. The molecule has 0 spiro atoms. The molecule has 0 radical (unpaired) electrons. The number of benzene rings is 2. The summed E-state index contributed by atoms with van der Waals surface area (Å²) >= 11 is 0. The summed E-state index contributed by atoms with van der Waals surface area (Å²) in [6, 6.07) is 10.2. The van der Waals surface area contributed by atoms with Crippen molar-refractivity contribution >= 4 is 23.3 Å². The average molecular weight is 833 g/mol. The highest BCUT2D eigenvalue weighted by Crippen LogP contribution is 2.47. The second kappa shape index (κ2) is 16.6. The minimum absolute atomic E-state index is 0.101. The number of non-ortho nitro benzene ring substituents is 2. The monoisotopic (exact) mass is 832 g/mol. The van der Waals surface area contributed by atoms with Crippen molar-refractivity contribution in [2.75, 3.05) is 0 Å². The van der Waals surface area contributed by atoms with Gasteiger partial charge in [0, 0.05) is 66.5 Å². The first-order valence-corrected chi connectivity index (χ1v) is 19.0. The normalized spacial score (nSPS) is 27.6. The number of aromatic nitrogens is 4. The summed E-state index contributed by atoms with van der Waals surface area (Å²) in [6.45, 7) is 5.22. The van der Waals surface area contributed by atoms with Crippen LogP contribution in [0.3, 0.4) is 0 Å². The van der Waals surface area contributed by atoms with Gasteiger partial charge in [0.25, 0.3) is 22.5 Å². The van der Waals surface area contributed by atoms with Gasteiger partial charge in [0.2, 0.25) is 0 Å². The second-order valence-corrected chi connectivity index (χ2v) is 15.4. The zero-order valence-electron chi connectivity index (χ0n) is 32.3. The molecule has 4 heterocycles. The maximum absolute atomic E-state index is 12.5. The van der Waals surface area contributed by atoms with Gasteiger partial charge in [0.15, 0.2) is 0 Å². The van der Waals surface area contributed by atoms with E-state index in [1.165, 1.54) is 70.1 Å². The number of fused-ring (bicyclic) bond motifs is 2. The SMILES string of the molecule is Cc1cn([C@@H]2C[C@@H]3[C@H](O2)[C@H](OC(=O)c2ccc([N+](=O)[O-])cc2)C[C@H]3C)c(=O)[nH]c1=O.Cc1cn([C@@H]2C[C@@H]3[C@H](O2)[C@H](OC(=O)c2ccc([N+](=O)[O-])cc2)C[C@H]3O)c(=O)[nH]c1=O. The number of ether oxygens (including phenoxy) is 4. The van der Waals surface area contributed by atoms with Crippen LogP contribution in [0.5, 0.6) is 0 Å². The van der Waals surface area contributed by atoms with Gasteiger partial charge >= 0.3 is 23.3 Å². The predicted molar refractivity (Wildman–Crippen MR) is 205 cm³/mol. The number of hydrogen-bond donors (Lipinski definition) is 3. The number of aliphatic hydroxyl groups is 1. The predicted octanol–water partition coefficient (Wildman–Crippen LogP) is 2.57. The van der Waals surface area contributed by atoms with Gasteiger partial charge < -0.3 is 24.1 Å². The van der Waals surface area contributed by atoms with Crippen molar-refractivity contribution in [3.05, 3.63) is 145 Å². The van der Waals surface area contributed by atoms with Crippen LogP contribution in [0.2, 0.25) is 0 Å². The summed E-state index contributed by atoms with van der Waals surface area (Å²) in [4.78, 5) is 97.4. The molecule has 4 fully saturated rings. The minimum atomic E-state index is -0.783. The Labute approximate surface area is 337 Å². The van der Waals surface area contributed by atoms with Crippen LogP contribution in [-0.4, -0.2) is 76.5 Å². The molecule has 0 unspecified atom stereocenters. The number of carbonyl (C=O) groups is 2. The molecule has 21 heteroatoms. The number of aliphatic hydroxyl groups excluding tert-OH is 1. The van der Waals surface area contributed by atoms with Gasteiger partial charge in [-0.2, -0.15) is 0 Å². The van der Waals surface area contributed by atoms with Crippen molar-refractivity contribution in [3.8, 4) is 0 Å². The lowest BCUT2D eigenvalue weighted by Crippen LogP contribution is -2.34. The largest absolute Gasteiger partial charge is 0.456 e. The molecule has 8 rings (SSSR count). The Morgan fingerprint density at radius 3 is 1.52 bits per heavy atom. The van der Waals surface area contributed by atoms with Gasteiger partial charge in [-0.05, 0) is 62.8 Å². The number of aryl methyl sites for hydroxylation is 2. The van der Waals surface area contributed by atoms with Gasteiger partial charge in [0.1, 0.15) is 36.9 Å². The van der Waals surface area contributed by atoms with Gasteiger partial charge in [-0.15, -0.1) is 0 Å². The van der Waals surface area contributed by atoms with Crippen molar-refractivity contribution in [1.29, 1.82) is 0 Å². The van der Waals surface area contributed by atoms with Crippen molar-refractivity contribution in [2.45, 2.75) is 89.4 Å². The van der Waals surface area contributed by atoms with Crippen LogP contribution in [0.25, 0.3) is 0 Å². The van der Waals surface area contributed by atoms with E-state index in [0.29, 0.717) is 30.4 Å². The molecule has 2 aliphatic carbocycles. The molecule has 2 aromatic heterocycles. The zero-order valence-corrected chi connectivity index (χ0v) is 32.3. The highest BCUT2D eigenvalue weighted by atomic mass is 16.6. The van der Waals surface area contributed by atoms with E-state index in [9.17, 15) is 54.1 Å². The molecule has 0 amide bonds. The van der Waals surface area contributed by atoms with Crippen molar-refractivity contribution in [3.63, 3.8) is 0 Å². The molecule has 2 saturated heterocycles. The van der Waals surface area contributed by atoms with Crippen LogP contribution in [0.15, 0.2) is 80.1 Å². The van der Waals surface area contributed by atoms with Gasteiger partial charge in [-0.1, -0.05) is 6.92 Å². The third-order valence-electron chi connectivity index (χ3n) is 11.5. The van der Waals surface area contributed by atoms with Gasteiger partial charge in [-0.3, -0.25) is 48.9 Å². The topological polar surface area (TPSA) is 287 Å². The first kappa shape index (κ1) is 41.6. The lowest BCUT2D eigenvalue weighted by Gasteiger charge is -2.21. The van der Waals surface area contributed by atoms with E-state index in [1.807, 2.05) is 6.92 Å². The lowest BCUT2D eigenvalue weighted by atomic mass is 9.94. The number of hydrogen-bond acceptors (Lipinski definition) is 15. The number of rotatable bonds is 8. The molecule has 2 aromatic carbocycles. The molecule has 21 nitrogen and oxygen atoms in total. The summed E-state index contributed by atoms with van der Waals surface area (Å²) in [5.74, 6) is -1.29. The number of nitrogens with zero attached hydrogens (tertiary/aromatic N) is 4. The molecule has 4 aliphatic rings. The molecule has 10 atom stereocenters.